The average Bonchev–Trinajstić information content (AvgIpc) is 3.01. The van der Waals surface area contributed by atoms with Crippen LogP contribution < -0.4 is 9.47 Å². The van der Waals surface area contributed by atoms with Gasteiger partial charge in [0.2, 0.25) is 0 Å². The third-order valence-electron chi connectivity index (χ3n) is 5.39. The van der Waals surface area contributed by atoms with Crippen LogP contribution in [-0.2, 0) is 18.0 Å². The average molecular weight is 543 g/mol. The van der Waals surface area contributed by atoms with E-state index in [1.165, 1.54) is 0 Å². The molecule has 8 heteroatoms. The molecule has 0 atom stereocenters. The Morgan fingerprint density at radius 2 is 1.15 bits per heavy atom. The SMILES string of the molecule is CO.N=C(COc1ccc(COc2ccc(C(=N)CC(=O)O)cc2)cc1)c1ccccc1.OCc1ccccc1. The van der Waals surface area contributed by atoms with Crippen LogP contribution in [0.15, 0.2) is 109 Å². The molecule has 0 heterocycles. The Balaban J connectivity index is 0.000000475. The number of rotatable bonds is 11. The highest BCUT2D eigenvalue weighted by Crippen LogP contribution is 2.17. The van der Waals surface area contributed by atoms with E-state index in [0.29, 0.717) is 29.4 Å². The molecule has 4 aromatic carbocycles. The molecule has 0 aliphatic rings. The van der Waals surface area contributed by atoms with Crippen molar-refractivity contribution in [2.24, 2.45) is 0 Å². The zero-order valence-electron chi connectivity index (χ0n) is 22.3. The van der Waals surface area contributed by atoms with Gasteiger partial charge in [-0.05, 0) is 58.7 Å². The van der Waals surface area contributed by atoms with Crippen molar-refractivity contribution in [3.8, 4) is 11.5 Å². The van der Waals surface area contributed by atoms with Gasteiger partial charge < -0.3 is 35.6 Å². The van der Waals surface area contributed by atoms with E-state index < -0.39 is 5.97 Å². The summed E-state index contributed by atoms with van der Waals surface area (Å²) in [5.74, 6) is 0.295. The summed E-state index contributed by atoms with van der Waals surface area (Å²) in [5, 5.41) is 40.1. The highest BCUT2D eigenvalue weighted by molar-refractivity contribution is 6.07. The molecule has 0 spiro atoms. The van der Waals surface area contributed by atoms with E-state index in [2.05, 4.69) is 0 Å². The first-order chi connectivity index (χ1) is 19.4. The molecule has 0 aliphatic carbocycles. The van der Waals surface area contributed by atoms with Gasteiger partial charge in [-0.2, -0.15) is 0 Å². The lowest BCUT2D eigenvalue weighted by molar-refractivity contribution is -0.135. The van der Waals surface area contributed by atoms with Crippen molar-refractivity contribution in [2.45, 2.75) is 19.6 Å². The van der Waals surface area contributed by atoms with Gasteiger partial charge in [0, 0.05) is 12.8 Å². The van der Waals surface area contributed by atoms with E-state index in [9.17, 15) is 4.79 Å². The minimum Gasteiger partial charge on any atom is -0.489 e. The van der Waals surface area contributed by atoms with E-state index in [4.69, 9.17) is 35.6 Å². The van der Waals surface area contributed by atoms with Crippen molar-refractivity contribution in [1.29, 1.82) is 10.8 Å². The zero-order chi connectivity index (χ0) is 29.2. The molecule has 0 aliphatic heterocycles. The Labute approximate surface area is 234 Å². The second kappa shape index (κ2) is 17.7. The number of carboxylic acids is 1. The smallest absolute Gasteiger partial charge is 0.309 e. The second-order valence-electron chi connectivity index (χ2n) is 8.28. The van der Waals surface area contributed by atoms with Crippen LogP contribution in [0.4, 0.5) is 0 Å². The summed E-state index contributed by atoms with van der Waals surface area (Å²) >= 11 is 0. The van der Waals surface area contributed by atoms with E-state index in [0.717, 1.165) is 23.8 Å². The maximum absolute atomic E-state index is 10.7. The predicted octanol–water partition coefficient (Wildman–Crippen LogP) is 5.34. The maximum atomic E-state index is 10.7. The molecular weight excluding hydrogens is 508 g/mol. The summed E-state index contributed by atoms with van der Waals surface area (Å²) in [6.45, 7) is 0.704. The molecular formula is C32H34N2O6. The molecule has 0 unspecified atom stereocenters. The summed E-state index contributed by atoms with van der Waals surface area (Å²) in [6, 6.07) is 33.3. The molecule has 0 bridgehead atoms. The molecule has 0 amide bonds. The molecule has 40 heavy (non-hydrogen) atoms. The van der Waals surface area contributed by atoms with Gasteiger partial charge in [0.15, 0.2) is 0 Å². The molecule has 208 valence electrons. The number of aliphatic hydroxyl groups is 2. The largest absolute Gasteiger partial charge is 0.489 e. The van der Waals surface area contributed by atoms with Crippen LogP contribution in [0.25, 0.3) is 0 Å². The number of carboxylic acid groups (broad SMARTS) is 1. The standard InChI is InChI=1S/C24H22N2O4.C7H8O.CH4O/c25-22(14-24(27)28)19-8-12-21(13-9-19)29-15-17-6-10-20(11-7-17)30-16-23(26)18-4-2-1-3-5-18;8-6-7-4-2-1-3-5-7;1-2/h1-13,25-26H,14-16H2,(H,27,28);1-5,8H,6H2;2H,1H3. The first kappa shape index (κ1) is 31.4. The molecule has 4 rings (SSSR count). The molecule has 8 nitrogen and oxygen atoms in total. The van der Waals surface area contributed by atoms with Crippen molar-refractivity contribution >= 4 is 17.4 Å². The molecule has 5 N–H and O–H groups in total. The van der Waals surface area contributed by atoms with Crippen molar-refractivity contribution in [3.05, 3.63) is 131 Å². The Kier molecular flexibility index (Phi) is 13.9. The number of nitrogens with one attached hydrogen (secondary N) is 2. The maximum Gasteiger partial charge on any atom is 0.309 e. The lowest BCUT2D eigenvalue weighted by Crippen LogP contribution is -2.11. The van der Waals surface area contributed by atoms with Gasteiger partial charge in [0.25, 0.3) is 0 Å². The van der Waals surface area contributed by atoms with Crippen LogP contribution in [0.1, 0.15) is 28.7 Å². The summed E-state index contributed by atoms with van der Waals surface area (Å²) in [6.07, 6.45) is -0.306. The fourth-order valence-corrected chi connectivity index (χ4v) is 3.32. The molecule has 0 radical (unpaired) electrons. The number of carbonyl (C=O) groups is 1. The summed E-state index contributed by atoms with van der Waals surface area (Å²) < 4.78 is 11.4. The molecule has 0 fully saturated rings. The molecule has 0 aromatic heterocycles. The Bertz CT molecular complexity index is 1310. The van der Waals surface area contributed by atoms with Crippen LogP contribution in [0.5, 0.6) is 11.5 Å². The topological polar surface area (TPSA) is 144 Å². The highest BCUT2D eigenvalue weighted by atomic mass is 16.5. The third kappa shape index (κ3) is 11.3. The first-order valence-corrected chi connectivity index (χ1v) is 12.4. The van der Waals surface area contributed by atoms with Crippen molar-refractivity contribution in [3.63, 3.8) is 0 Å². The monoisotopic (exact) mass is 542 g/mol. The third-order valence-corrected chi connectivity index (χ3v) is 5.39. The minimum absolute atomic E-state index is 0.0602. The van der Waals surface area contributed by atoms with Crippen LogP contribution in [-0.4, -0.2) is 46.4 Å². The van der Waals surface area contributed by atoms with E-state index in [1.807, 2.05) is 84.9 Å². The van der Waals surface area contributed by atoms with Gasteiger partial charge in [0.05, 0.1) is 18.7 Å². The minimum atomic E-state index is -1.02. The van der Waals surface area contributed by atoms with Crippen LogP contribution in [0.3, 0.4) is 0 Å². The summed E-state index contributed by atoms with van der Waals surface area (Å²) in [7, 11) is 1.00. The number of aliphatic carboxylic acids is 1. The number of ether oxygens (including phenoxy) is 2. The van der Waals surface area contributed by atoms with E-state index >= 15 is 0 Å². The van der Waals surface area contributed by atoms with E-state index in [1.54, 1.807) is 24.3 Å². The lowest BCUT2D eigenvalue weighted by atomic mass is 10.1. The molecule has 0 saturated heterocycles. The second-order valence-corrected chi connectivity index (χ2v) is 8.28. The van der Waals surface area contributed by atoms with Gasteiger partial charge in [0.1, 0.15) is 24.7 Å². The van der Waals surface area contributed by atoms with Crippen LogP contribution in [0, 0.1) is 10.8 Å². The normalized spacial score (nSPS) is 9.68. The number of aliphatic hydroxyl groups excluding tert-OH is 2. The van der Waals surface area contributed by atoms with Crippen LogP contribution >= 0.6 is 0 Å². The van der Waals surface area contributed by atoms with E-state index in [-0.39, 0.29) is 25.3 Å². The van der Waals surface area contributed by atoms with Crippen molar-refractivity contribution in [2.75, 3.05) is 13.7 Å². The number of hydrogen-bond acceptors (Lipinski definition) is 7. The summed E-state index contributed by atoms with van der Waals surface area (Å²) in [4.78, 5) is 10.7. The lowest BCUT2D eigenvalue weighted by Gasteiger charge is -2.10. The first-order valence-electron chi connectivity index (χ1n) is 12.4. The quantitative estimate of drug-likeness (QED) is 0.162. The molecule has 4 aromatic rings. The van der Waals surface area contributed by atoms with Crippen LogP contribution in [0.2, 0.25) is 0 Å². The Hall–Kier alpha value is -4.79. The zero-order valence-corrected chi connectivity index (χ0v) is 22.3. The fourth-order valence-electron chi connectivity index (χ4n) is 3.32. The van der Waals surface area contributed by atoms with Gasteiger partial charge in [-0.25, -0.2) is 0 Å². The van der Waals surface area contributed by atoms with Crippen molar-refractivity contribution < 1.29 is 29.6 Å². The Morgan fingerprint density at radius 3 is 1.68 bits per heavy atom. The summed E-state index contributed by atoms with van der Waals surface area (Å²) in [5.41, 5.74) is 3.81. The number of benzene rings is 4. The number of hydrogen-bond donors (Lipinski definition) is 5. The van der Waals surface area contributed by atoms with Gasteiger partial charge >= 0.3 is 5.97 Å². The van der Waals surface area contributed by atoms with Gasteiger partial charge in [-0.15, -0.1) is 0 Å². The highest BCUT2D eigenvalue weighted by Gasteiger charge is 2.07. The Morgan fingerprint density at radius 1 is 0.650 bits per heavy atom. The fraction of sp³-hybridized carbons (Fsp3) is 0.156. The van der Waals surface area contributed by atoms with Crippen molar-refractivity contribution in [1.82, 2.24) is 0 Å². The predicted molar refractivity (Wildman–Crippen MR) is 156 cm³/mol. The van der Waals surface area contributed by atoms with Gasteiger partial charge in [-0.1, -0.05) is 72.8 Å². The molecule has 0 saturated carbocycles. The van der Waals surface area contributed by atoms with Gasteiger partial charge in [-0.3, -0.25) is 4.79 Å².